The van der Waals surface area contributed by atoms with Crippen molar-refractivity contribution in [2.24, 2.45) is 4.99 Å². The maximum atomic E-state index is 13.6. The number of hydrogen-bond donors (Lipinski definition) is 2. The third kappa shape index (κ3) is 7.97. The molecule has 148 valence electrons. The van der Waals surface area contributed by atoms with Crippen molar-refractivity contribution in [2.45, 2.75) is 19.3 Å². The van der Waals surface area contributed by atoms with Crippen LogP contribution in [0.3, 0.4) is 0 Å². The van der Waals surface area contributed by atoms with Crippen molar-refractivity contribution in [3.05, 3.63) is 59.5 Å². The van der Waals surface area contributed by atoms with Crippen LogP contribution in [0.2, 0.25) is 0 Å². The van der Waals surface area contributed by atoms with Crippen molar-refractivity contribution >= 4 is 29.9 Å². The number of ether oxygens (including phenoxy) is 1. The summed E-state index contributed by atoms with van der Waals surface area (Å²) in [5, 5.41) is 5.86. The van der Waals surface area contributed by atoms with E-state index in [1.165, 1.54) is 19.3 Å². The molecular formula is C17H19F4IN4O. The van der Waals surface area contributed by atoms with Gasteiger partial charge >= 0.3 is 6.18 Å². The fraction of sp³-hybridized carbons (Fsp3) is 0.294. The fourth-order valence-corrected chi connectivity index (χ4v) is 2.06. The van der Waals surface area contributed by atoms with Crippen molar-refractivity contribution in [2.75, 3.05) is 13.7 Å². The molecule has 2 rings (SSSR count). The maximum Gasteiger partial charge on any atom is 0.422 e. The van der Waals surface area contributed by atoms with E-state index < -0.39 is 12.8 Å². The number of nitrogens with zero attached hydrogens (tertiary/aromatic N) is 2. The van der Waals surface area contributed by atoms with Gasteiger partial charge in [-0.2, -0.15) is 13.2 Å². The summed E-state index contributed by atoms with van der Waals surface area (Å²) in [6.07, 6.45) is -3.10. The monoisotopic (exact) mass is 498 g/mol. The lowest BCUT2D eigenvalue weighted by atomic mass is 10.2. The standard InChI is InChI=1S/C17H18F4N4O.HI/c1-22-16(24-9-12-5-2-3-7-14(12)18)25-10-13-6-4-8-23-15(13)26-11-17(19,20)21;/h2-8H,9-11H2,1H3,(H2,22,24,25);1H. The summed E-state index contributed by atoms with van der Waals surface area (Å²) in [5.74, 6) is -0.0914. The van der Waals surface area contributed by atoms with Gasteiger partial charge in [-0.1, -0.05) is 24.3 Å². The van der Waals surface area contributed by atoms with Gasteiger partial charge in [-0.15, -0.1) is 24.0 Å². The molecule has 0 radical (unpaired) electrons. The quantitative estimate of drug-likeness (QED) is 0.277. The zero-order valence-electron chi connectivity index (χ0n) is 14.4. The van der Waals surface area contributed by atoms with Gasteiger partial charge in [0.25, 0.3) is 0 Å². The minimum atomic E-state index is -4.44. The second-order valence-corrected chi connectivity index (χ2v) is 5.24. The Morgan fingerprint density at radius 3 is 2.33 bits per heavy atom. The third-order valence-electron chi connectivity index (χ3n) is 3.30. The van der Waals surface area contributed by atoms with Crippen molar-refractivity contribution in [1.82, 2.24) is 15.6 Å². The molecule has 1 aromatic carbocycles. The van der Waals surface area contributed by atoms with Gasteiger partial charge in [0, 0.05) is 37.5 Å². The van der Waals surface area contributed by atoms with E-state index in [0.29, 0.717) is 17.1 Å². The van der Waals surface area contributed by atoms with Crippen LogP contribution in [0.1, 0.15) is 11.1 Å². The highest BCUT2D eigenvalue weighted by Crippen LogP contribution is 2.19. The van der Waals surface area contributed by atoms with Crippen molar-refractivity contribution in [3.8, 4) is 5.88 Å². The van der Waals surface area contributed by atoms with Crippen LogP contribution in [0.5, 0.6) is 5.88 Å². The summed E-state index contributed by atoms with van der Waals surface area (Å²) in [6.45, 7) is -1.08. The fourth-order valence-electron chi connectivity index (χ4n) is 2.06. The molecule has 0 atom stereocenters. The zero-order chi connectivity index (χ0) is 19.0. The van der Waals surface area contributed by atoms with Gasteiger partial charge < -0.3 is 15.4 Å². The summed E-state index contributed by atoms with van der Waals surface area (Å²) in [7, 11) is 1.53. The van der Waals surface area contributed by atoms with Gasteiger partial charge in [-0.25, -0.2) is 9.37 Å². The predicted molar refractivity (Wildman–Crippen MR) is 105 cm³/mol. The first-order valence-electron chi connectivity index (χ1n) is 7.70. The summed E-state index contributed by atoms with van der Waals surface area (Å²) in [5.41, 5.74) is 0.900. The number of pyridine rings is 1. The number of nitrogens with one attached hydrogen (secondary N) is 2. The number of aromatic nitrogens is 1. The van der Waals surface area contributed by atoms with Gasteiger partial charge in [-0.05, 0) is 12.1 Å². The van der Waals surface area contributed by atoms with Crippen LogP contribution in [-0.4, -0.2) is 30.8 Å². The Morgan fingerprint density at radius 1 is 1.07 bits per heavy atom. The Balaban J connectivity index is 0.00000364. The number of aliphatic imine (C=N–C) groups is 1. The molecule has 2 aromatic rings. The van der Waals surface area contributed by atoms with E-state index in [-0.39, 0.29) is 48.8 Å². The summed E-state index contributed by atoms with van der Waals surface area (Å²) >= 11 is 0. The predicted octanol–water partition coefficient (Wildman–Crippen LogP) is 3.65. The Kier molecular flexibility index (Phi) is 9.26. The summed E-state index contributed by atoms with van der Waals surface area (Å²) < 4.78 is 55.3. The maximum absolute atomic E-state index is 13.6. The normalized spacial score (nSPS) is 11.5. The molecule has 1 heterocycles. The molecule has 27 heavy (non-hydrogen) atoms. The number of guanidine groups is 1. The highest BCUT2D eigenvalue weighted by atomic mass is 127. The molecular weight excluding hydrogens is 479 g/mol. The molecule has 2 N–H and O–H groups in total. The average molecular weight is 498 g/mol. The molecule has 0 saturated heterocycles. The number of rotatable bonds is 6. The van der Waals surface area contributed by atoms with Crippen LogP contribution in [0.4, 0.5) is 17.6 Å². The molecule has 0 amide bonds. The molecule has 0 aliphatic heterocycles. The highest BCUT2D eigenvalue weighted by Gasteiger charge is 2.29. The molecule has 0 unspecified atom stereocenters. The summed E-state index contributed by atoms with van der Waals surface area (Å²) in [6, 6.07) is 9.49. The number of hydrogen-bond acceptors (Lipinski definition) is 3. The molecule has 10 heteroatoms. The van der Waals surface area contributed by atoms with E-state index in [9.17, 15) is 17.6 Å². The largest absolute Gasteiger partial charge is 0.468 e. The molecule has 5 nitrogen and oxygen atoms in total. The van der Waals surface area contributed by atoms with Crippen LogP contribution >= 0.6 is 24.0 Å². The van der Waals surface area contributed by atoms with Gasteiger partial charge in [0.15, 0.2) is 12.6 Å². The minimum absolute atomic E-state index is 0. The first-order chi connectivity index (χ1) is 12.4. The lowest BCUT2D eigenvalue weighted by molar-refractivity contribution is -0.154. The number of alkyl halides is 3. The van der Waals surface area contributed by atoms with Crippen LogP contribution in [-0.2, 0) is 13.1 Å². The van der Waals surface area contributed by atoms with Crippen LogP contribution in [0.15, 0.2) is 47.6 Å². The SMILES string of the molecule is CN=C(NCc1ccccc1F)NCc1cccnc1OCC(F)(F)F.I. The second kappa shape index (κ2) is 10.9. The minimum Gasteiger partial charge on any atom is -0.468 e. The van der Waals surface area contributed by atoms with Gasteiger partial charge in [0.1, 0.15) is 5.82 Å². The van der Waals surface area contributed by atoms with E-state index in [4.69, 9.17) is 4.74 Å². The van der Waals surface area contributed by atoms with Crippen LogP contribution in [0, 0.1) is 5.82 Å². The third-order valence-corrected chi connectivity index (χ3v) is 3.30. The topological polar surface area (TPSA) is 58.5 Å². The van der Waals surface area contributed by atoms with E-state index in [1.807, 2.05) is 0 Å². The van der Waals surface area contributed by atoms with E-state index in [0.717, 1.165) is 0 Å². The van der Waals surface area contributed by atoms with Crippen LogP contribution < -0.4 is 15.4 Å². The Morgan fingerprint density at radius 2 is 1.70 bits per heavy atom. The van der Waals surface area contributed by atoms with Crippen LogP contribution in [0.25, 0.3) is 0 Å². The molecule has 0 bridgehead atoms. The lowest BCUT2D eigenvalue weighted by Crippen LogP contribution is -2.36. The Labute approximate surface area is 171 Å². The van der Waals surface area contributed by atoms with Gasteiger partial charge in [0.05, 0.1) is 0 Å². The second-order valence-electron chi connectivity index (χ2n) is 5.24. The van der Waals surface area contributed by atoms with Gasteiger partial charge in [-0.3, -0.25) is 4.99 Å². The highest BCUT2D eigenvalue weighted by molar-refractivity contribution is 14.0. The van der Waals surface area contributed by atoms with E-state index >= 15 is 0 Å². The van der Waals surface area contributed by atoms with E-state index in [2.05, 4.69) is 20.6 Å². The van der Waals surface area contributed by atoms with Gasteiger partial charge in [0.2, 0.25) is 5.88 Å². The molecule has 0 saturated carbocycles. The number of halogens is 5. The smallest absolute Gasteiger partial charge is 0.422 e. The van der Waals surface area contributed by atoms with E-state index in [1.54, 1.807) is 30.3 Å². The molecule has 0 spiro atoms. The number of benzene rings is 1. The van der Waals surface area contributed by atoms with Crippen molar-refractivity contribution in [3.63, 3.8) is 0 Å². The lowest BCUT2D eigenvalue weighted by Gasteiger charge is -2.15. The molecule has 0 aliphatic carbocycles. The first kappa shape index (κ1) is 22.9. The first-order valence-corrected chi connectivity index (χ1v) is 7.70. The molecule has 1 aromatic heterocycles. The Hall–Kier alpha value is -2.11. The average Bonchev–Trinajstić information content (AvgIpc) is 2.61. The summed E-state index contributed by atoms with van der Waals surface area (Å²) in [4.78, 5) is 7.81. The van der Waals surface area contributed by atoms with Crippen molar-refractivity contribution < 1.29 is 22.3 Å². The Bertz CT molecular complexity index is 756. The van der Waals surface area contributed by atoms with Crippen molar-refractivity contribution in [1.29, 1.82) is 0 Å². The zero-order valence-corrected chi connectivity index (χ0v) is 16.7. The molecule has 0 aliphatic rings. The molecule has 0 fully saturated rings.